The normalized spacial score (nSPS) is 34.0. The van der Waals surface area contributed by atoms with E-state index in [1.165, 1.54) is 25.7 Å². The first-order chi connectivity index (χ1) is 6.82. The summed E-state index contributed by atoms with van der Waals surface area (Å²) < 4.78 is 0. The number of likely N-dealkylation sites (tertiary alicyclic amines) is 1. The summed E-state index contributed by atoms with van der Waals surface area (Å²) in [5.74, 6) is 0.716. The number of hydrogen-bond donors (Lipinski definition) is 1. The molecule has 1 aliphatic carbocycles. The van der Waals surface area contributed by atoms with Crippen LogP contribution in [0.3, 0.4) is 0 Å². The minimum Gasteiger partial charge on any atom is -0.337 e. The number of carbonyl (C=O) groups excluding carboxylic acids is 1. The zero-order chi connectivity index (χ0) is 9.60. The molecule has 1 spiro atoms. The van der Waals surface area contributed by atoms with Gasteiger partial charge >= 0.3 is 0 Å². The van der Waals surface area contributed by atoms with E-state index in [2.05, 4.69) is 10.2 Å². The van der Waals surface area contributed by atoms with Crippen LogP contribution in [0.4, 0.5) is 0 Å². The Morgan fingerprint density at radius 3 is 2.64 bits per heavy atom. The summed E-state index contributed by atoms with van der Waals surface area (Å²) in [6, 6.07) is 0. The molecule has 0 radical (unpaired) electrons. The van der Waals surface area contributed by atoms with Gasteiger partial charge < -0.3 is 10.2 Å². The number of nitrogens with zero attached hydrogens (tertiary/aromatic N) is 1. The van der Waals surface area contributed by atoms with Crippen molar-refractivity contribution in [2.45, 2.75) is 37.6 Å². The molecule has 1 unspecified atom stereocenters. The topological polar surface area (TPSA) is 32.3 Å². The van der Waals surface area contributed by atoms with Crippen molar-refractivity contribution < 1.29 is 4.79 Å². The Morgan fingerprint density at radius 2 is 2.21 bits per heavy atom. The highest BCUT2D eigenvalue weighted by atomic mass is 16.2. The van der Waals surface area contributed by atoms with Crippen LogP contribution in [0.5, 0.6) is 0 Å². The molecule has 0 aromatic carbocycles. The van der Waals surface area contributed by atoms with Crippen LogP contribution >= 0.6 is 0 Å². The molecule has 3 fully saturated rings. The predicted octanol–water partition coefficient (Wildman–Crippen LogP) is 0.751. The minimum atomic E-state index is 0.285. The van der Waals surface area contributed by atoms with Crippen molar-refractivity contribution in [3.8, 4) is 0 Å². The number of nitrogens with one attached hydrogen (secondary N) is 1. The highest BCUT2D eigenvalue weighted by Gasteiger charge is 2.52. The SMILES string of the molecule is O=C(C1CCNC1)N1CCC12CCC2. The van der Waals surface area contributed by atoms with Crippen molar-refractivity contribution in [2.24, 2.45) is 5.92 Å². The van der Waals surface area contributed by atoms with Gasteiger partial charge in [0.1, 0.15) is 0 Å². The van der Waals surface area contributed by atoms with Gasteiger partial charge in [-0.1, -0.05) is 0 Å². The Bertz CT molecular complexity index is 249. The van der Waals surface area contributed by atoms with Crippen LogP contribution in [0.25, 0.3) is 0 Å². The van der Waals surface area contributed by atoms with Crippen molar-refractivity contribution >= 4 is 5.91 Å². The van der Waals surface area contributed by atoms with E-state index in [-0.39, 0.29) is 5.92 Å². The summed E-state index contributed by atoms with van der Waals surface area (Å²) in [5, 5.41) is 3.27. The molecule has 0 aromatic heterocycles. The van der Waals surface area contributed by atoms with Crippen LogP contribution < -0.4 is 5.32 Å². The van der Waals surface area contributed by atoms with Gasteiger partial charge in [0.25, 0.3) is 0 Å². The number of carbonyl (C=O) groups is 1. The van der Waals surface area contributed by atoms with Gasteiger partial charge in [-0.05, 0) is 38.6 Å². The van der Waals surface area contributed by atoms with Crippen molar-refractivity contribution in [3.63, 3.8) is 0 Å². The molecule has 2 heterocycles. The van der Waals surface area contributed by atoms with Gasteiger partial charge in [-0.3, -0.25) is 4.79 Å². The van der Waals surface area contributed by atoms with Crippen LogP contribution in [0.15, 0.2) is 0 Å². The van der Waals surface area contributed by atoms with Crippen LogP contribution in [-0.4, -0.2) is 36.0 Å². The van der Waals surface area contributed by atoms with Crippen molar-refractivity contribution in [1.82, 2.24) is 10.2 Å². The first kappa shape index (κ1) is 8.72. The van der Waals surface area contributed by atoms with E-state index >= 15 is 0 Å². The lowest BCUT2D eigenvalue weighted by Crippen LogP contribution is -2.66. The van der Waals surface area contributed by atoms with Crippen LogP contribution in [0, 0.1) is 5.92 Å². The lowest BCUT2D eigenvalue weighted by molar-refractivity contribution is -0.159. The average molecular weight is 194 g/mol. The minimum absolute atomic E-state index is 0.285. The van der Waals surface area contributed by atoms with Gasteiger partial charge in [0.15, 0.2) is 0 Å². The maximum atomic E-state index is 12.1. The summed E-state index contributed by atoms with van der Waals surface area (Å²) in [4.78, 5) is 14.3. The van der Waals surface area contributed by atoms with Gasteiger partial charge in [-0.2, -0.15) is 0 Å². The van der Waals surface area contributed by atoms with Gasteiger partial charge in [-0.15, -0.1) is 0 Å². The Hall–Kier alpha value is -0.570. The highest BCUT2D eigenvalue weighted by molar-refractivity contribution is 5.81. The third-order valence-corrected chi connectivity index (χ3v) is 4.33. The second-order valence-electron chi connectivity index (χ2n) is 5.01. The van der Waals surface area contributed by atoms with Crippen molar-refractivity contribution in [1.29, 1.82) is 0 Å². The third-order valence-electron chi connectivity index (χ3n) is 4.33. The van der Waals surface area contributed by atoms with E-state index in [9.17, 15) is 4.79 Å². The maximum absolute atomic E-state index is 12.1. The molecule has 78 valence electrons. The smallest absolute Gasteiger partial charge is 0.227 e. The fourth-order valence-corrected chi connectivity index (χ4v) is 3.07. The fraction of sp³-hybridized carbons (Fsp3) is 0.909. The first-order valence-corrected chi connectivity index (χ1v) is 5.84. The Kier molecular flexibility index (Phi) is 1.84. The van der Waals surface area contributed by atoms with E-state index in [1.807, 2.05) is 0 Å². The van der Waals surface area contributed by atoms with Crippen LogP contribution in [0.1, 0.15) is 32.1 Å². The second-order valence-corrected chi connectivity index (χ2v) is 5.01. The van der Waals surface area contributed by atoms with Gasteiger partial charge in [0.05, 0.1) is 5.92 Å². The molecule has 3 rings (SSSR count). The molecule has 1 saturated carbocycles. The third kappa shape index (κ3) is 1.05. The maximum Gasteiger partial charge on any atom is 0.227 e. The van der Waals surface area contributed by atoms with E-state index in [4.69, 9.17) is 0 Å². The zero-order valence-electron chi connectivity index (χ0n) is 8.59. The lowest BCUT2D eigenvalue weighted by Gasteiger charge is -2.59. The van der Waals surface area contributed by atoms with Gasteiger partial charge in [-0.25, -0.2) is 0 Å². The molecule has 0 aromatic rings. The Labute approximate surface area is 84.8 Å². The molecule has 3 nitrogen and oxygen atoms in total. The van der Waals surface area contributed by atoms with E-state index in [0.29, 0.717) is 11.4 Å². The number of amides is 1. The summed E-state index contributed by atoms with van der Waals surface area (Å²) in [6.07, 6.45) is 6.16. The first-order valence-electron chi connectivity index (χ1n) is 5.84. The predicted molar refractivity (Wildman–Crippen MR) is 53.9 cm³/mol. The van der Waals surface area contributed by atoms with Gasteiger partial charge in [0, 0.05) is 18.6 Å². The van der Waals surface area contributed by atoms with E-state index in [0.717, 1.165) is 26.1 Å². The molecule has 3 heteroatoms. The number of rotatable bonds is 1. The quantitative estimate of drug-likeness (QED) is 0.668. The summed E-state index contributed by atoms with van der Waals surface area (Å²) in [7, 11) is 0. The Morgan fingerprint density at radius 1 is 1.36 bits per heavy atom. The van der Waals surface area contributed by atoms with E-state index < -0.39 is 0 Å². The monoisotopic (exact) mass is 194 g/mol. The molecule has 3 aliphatic rings. The van der Waals surface area contributed by atoms with Crippen LogP contribution in [0.2, 0.25) is 0 Å². The highest BCUT2D eigenvalue weighted by Crippen LogP contribution is 2.47. The molecule has 1 amide bonds. The fourth-order valence-electron chi connectivity index (χ4n) is 3.07. The van der Waals surface area contributed by atoms with Crippen molar-refractivity contribution in [2.75, 3.05) is 19.6 Å². The lowest BCUT2D eigenvalue weighted by atomic mass is 9.67. The molecule has 2 saturated heterocycles. The molecular formula is C11H18N2O. The second kappa shape index (κ2) is 2.96. The average Bonchev–Trinajstić information content (AvgIpc) is 2.50. The standard InChI is InChI=1S/C11H18N2O/c14-10(9-2-6-12-8-9)13-7-5-11(13)3-1-4-11/h9,12H,1-8H2. The van der Waals surface area contributed by atoms with Gasteiger partial charge in [0.2, 0.25) is 5.91 Å². The molecular weight excluding hydrogens is 176 g/mol. The van der Waals surface area contributed by atoms with Crippen LogP contribution in [-0.2, 0) is 4.79 Å². The number of hydrogen-bond acceptors (Lipinski definition) is 2. The summed E-state index contributed by atoms with van der Waals surface area (Å²) in [5.41, 5.74) is 0.347. The molecule has 1 atom stereocenters. The summed E-state index contributed by atoms with van der Waals surface area (Å²) in [6.45, 7) is 2.96. The largest absolute Gasteiger partial charge is 0.337 e. The zero-order valence-corrected chi connectivity index (χ0v) is 8.59. The molecule has 14 heavy (non-hydrogen) atoms. The van der Waals surface area contributed by atoms with Crippen molar-refractivity contribution in [3.05, 3.63) is 0 Å². The molecule has 0 bridgehead atoms. The molecule has 2 aliphatic heterocycles. The van der Waals surface area contributed by atoms with E-state index in [1.54, 1.807) is 0 Å². The molecule has 1 N–H and O–H groups in total. The Balaban J connectivity index is 1.67. The summed E-state index contributed by atoms with van der Waals surface area (Å²) >= 11 is 0.